The summed E-state index contributed by atoms with van der Waals surface area (Å²) in [5.74, 6) is -0.260. The Morgan fingerprint density at radius 2 is 1.72 bits per heavy atom. The molecule has 2 aromatic carbocycles. The van der Waals surface area contributed by atoms with Gasteiger partial charge in [-0.1, -0.05) is 29.8 Å². The topological polar surface area (TPSA) is 70.2 Å². The number of hydrogen-bond acceptors (Lipinski definition) is 2. The van der Waals surface area contributed by atoms with Gasteiger partial charge in [0.15, 0.2) is 0 Å². The van der Waals surface area contributed by atoms with Gasteiger partial charge in [0, 0.05) is 29.0 Å². The van der Waals surface area contributed by atoms with E-state index in [2.05, 4.69) is 22.5 Å². The predicted molar refractivity (Wildman–Crippen MR) is 103 cm³/mol. The smallest absolute Gasteiger partial charge is 0.319 e. The molecule has 0 spiro atoms. The number of amides is 3. The first-order chi connectivity index (χ1) is 12.1. The summed E-state index contributed by atoms with van der Waals surface area (Å²) in [5, 5.41) is 8.63. The first-order valence-electron chi connectivity index (χ1n) is 7.57. The lowest BCUT2D eigenvalue weighted by atomic mass is 10.2. The maximum Gasteiger partial charge on any atom is 0.319 e. The Morgan fingerprint density at radius 3 is 2.36 bits per heavy atom. The van der Waals surface area contributed by atoms with Gasteiger partial charge in [-0.15, -0.1) is 6.58 Å². The minimum absolute atomic E-state index is 0.260. The van der Waals surface area contributed by atoms with Gasteiger partial charge in [-0.05, 0) is 48.0 Å². The van der Waals surface area contributed by atoms with Crippen LogP contribution in [0.25, 0.3) is 6.08 Å². The monoisotopic (exact) mass is 355 g/mol. The second-order valence-corrected chi connectivity index (χ2v) is 5.52. The maximum atomic E-state index is 11.9. The average Bonchev–Trinajstić information content (AvgIpc) is 2.60. The first kappa shape index (κ1) is 18.3. The molecule has 0 heterocycles. The van der Waals surface area contributed by atoms with Crippen LogP contribution in [0, 0.1) is 0 Å². The van der Waals surface area contributed by atoms with Crippen LogP contribution in [0.15, 0.2) is 67.3 Å². The van der Waals surface area contributed by atoms with Crippen LogP contribution in [0.2, 0.25) is 5.02 Å². The Balaban J connectivity index is 1.88. The predicted octanol–water partition coefficient (Wildman–Crippen LogP) is 4.30. The van der Waals surface area contributed by atoms with E-state index in [0.29, 0.717) is 22.9 Å². The van der Waals surface area contributed by atoms with Crippen LogP contribution < -0.4 is 16.0 Å². The second kappa shape index (κ2) is 9.30. The van der Waals surface area contributed by atoms with E-state index < -0.39 is 0 Å². The summed E-state index contributed by atoms with van der Waals surface area (Å²) in [5.41, 5.74) is 2.08. The lowest BCUT2D eigenvalue weighted by molar-refractivity contribution is -0.111. The molecule has 0 aliphatic rings. The fourth-order valence-electron chi connectivity index (χ4n) is 1.94. The fraction of sp³-hybridized carbons (Fsp3) is 0.0526. The molecule has 0 aliphatic heterocycles. The van der Waals surface area contributed by atoms with E-state index in [4.69, 9.17) is 11.6 Å². The van der Waals surface area contributed by atoms with Crippen molar-refractivity contribution < 1.29 is 9.59 Å². The number of rotatable bonds is 6. The molecule has 0 saturated carbocycles. The van der Waals surface area contributed by atoms with Crippen LogP contribution in [-0.2, 0) is 4.79 Å². The molecular formula is C19H18ClN3O2. The van der Waals surface area contributed by atoms with Gasteiger partial charge in [0.1, 0.15) is 0 Å². The number of anilines is 2. The fourth-order valence-corrected chi connectivity index (χ4v) is 2.14. The normalized spacial score (nSPS) is 10.3. The molecule has 128 valence electrons. The highest BCUT2D eigenvalue weighted by Gasteiger charge is 2.01. The third kappa shape index (κ3) is 6.53. The highest BCUT2D eigenvalue weighted by atomic mass is 35.5. The second-order valence-electron chi connectivity index (χ2n) is 5.08. The molecule has 3 amide bonds. The number of carbonyl (C=O) groups excluding carboxylic acids is 2. The molecular weight excluding hydrogens is 338 g/mol. The zero-order chi connectivity index (χ0) is 18.1. The molecule has 0 atom stereocenters. The summed E-state index contributed by atoms with van der Waals surface area (Å²) in [6.07, 6.45) is 4.71. The van der Waals surface area contributed by atoms with Gasteiger partial charge in [0.2, 0.25) is 5.91 Å². The summed E-state index contributed by atoms with van der Waals surface area (Å²) in [4.78, 5) is 23.5. The zero-order valence-electron chi connectivity index (χ0n) is 13.5. The van der Waals surface area contributed by atoms with Gasteiger partial charge >= 0.3 is 6.03 Å². The Hall–Kier alpha value is -3.05. The minimum atomic E-state index is -0.318. The van der Waals surface area contributed by atoms with E-state index in [1.54, 1.807) is 48.6 Å². The third-order valence-electron chi connectivity index (χ3n) is 3.09. The molecule has 0 fully saturated rings. The lowest BCUT2D eigenvalue weighted by Crippen LogP contribution is -2.28. The van der Waals surface area contributed by atoms with E-state index in [9.17, 15) is 9.59 Å². The van der Waals surface area contributed by atoms with Crippen molar-refractivity contribution in [2.24, 2.45) is 0 Å². The molecule has 2 rings (SSSR count). The third-order valence-corrected chi connectivity index (χ3v) is 3.33. The Bertz CT molecular complexity index is 786. The van der Waals surface area contributed by atoms with Gasteiger partial charge in [-0.3, -0.25) is 4.79 Å². The summed E-state index contributed by atoms with van der Waals surface area (Å²) >= 11 is 5.90. The van der Waals surface area contributed by atoms with Gasteiger partial charge in [0.25, 0.3) is 0 Å². The first-order valence-corrected chi connectivity index (χ1v) is 7.95. The van der Waals surface area contributed by atoms with Crippen molar-refractivity contribution in [3.05, 3.63) is 77.8 Å². The number of halogens is 1. The van der Waals surface area contributed by atoms with Crippen molar-refractivity contribution in [2.75, 3.05) is 17.2 Å². The van der Waals surface area contributed by atoms with Crippen molar-refractivity contribution >= 4 is 41.0 Å². The van der Waals surface area contributed by atoms with Gasteiger partial charge in [-0.25, -0.2) is 4.79 Å². The van der Waals surface area contributed by atoms with Gasteiger partial charge in [0.05, 0.1) is 0 Å². The number of benzene rings is 2. The molecule has 25 heavy (non-hydrogen) atoms. The molecule has 3 N–H and O–H groups in total. The number of carbonyl (C=O) groups is 2. The van der Waals surface area contributed by atoms with E-state index in [1.807, 2.05) is 12.1 Å². The molecule has 0 saturated heterocycles. The average molecular weight is 356 g/mol. The van der Waals surface area contributed by atoms with Crippen molar-refractivity contribution in [3.8, 4) is 0 Å². The standard InChI is InChI=1S/C19H18ClN3O2/c1-2-12-21-19(25)23-17-9-7-16(8-10-17)22-18(24)11-6-14-4-3-5-15(20)13-14/h2-11,13H,1,12H2,(H,22,24)(H2,21,23,25)/b11-6+. The Kier molecular flexibility index (Phi) is 6.80. The number of hydrogen-bond donors (Lipinski definition) is 3. The van der Waals surface area contributed by atoms with Crippen LogP contribution >= 0.6 is 11.6 Å². The van der Waals surface area contributed by atoms with Crippen molar-refractivity contribution in [2.45, 2.75) is 0 Å². The van der Waals surface area contributed by atoms with Crippen LogP contribution in [0.5, 0.6) is 0 Å². The maximum absolute atomic E-state index is 11.9. The highest BCUT2D eigenvalue weighted by Crippen LogP contribution is 2.14. The van der Waals surface area contributed by atoms with E-state index in [0.717, 1.165) is 5.56 Å². The summed E-state index contributed by atoms with van der Waals surface area (Å²) in [7, 11) is 0. The Labute approximate surface area is 151 Å². The summed E-state index contributed by atoms with van der Waals surface area (Å²) in [6.45, 7) is 3.91. The van der Waals surface area contributed by atoms with Gasteiger partial charge < -0.3 is 16.0 Å². The molecule has 0 aromatic heterocycles. The van der Waals surface area contributed by atoms with Crippen LogP contribution in [0.3, 0.4) is 0 Å². The molecule has 2 aromatic rings. The summed E-state index contributed by atoms with van der Waals surface area (Å²) < 4.78 is 0. The Morgan fingerprint density at radius 1 is 1.04 bits per heavy atom. The molecule has 6 heteroatoms. The van der Waals surface area contributed by atoms with Crippen LogP contribution in [0.4, 0.5) is 16.2 Å². The van der Waals surface area contributed by atoms with Crippen molar-refractivity contribution in [3.63, 3.8) is 0 Å². The van der Waals surface area contributed by atoms with Crippen LogP contribution in [-0.4, -0.2) is 18.5 Å². The molecule has 5 nitrogen and oxygen atoms in total. The van der Waals surface area contributed by atoms with E-state index >= 15 is 0 Å². The zero-order valence-corrected chi connectivity index (χ0v) is 14.2. The van der Waals surface area contributed by atoms with E-state index in [1.165, 1.54) is 6.08 Å². The number of nitrogens with one attached hydrogen (secondary N) is 3. The molecule has 0 aliphatic carbocycles. The highest BCUT2D eigenvalue weighted by molar-refractivity contribution is 6.30. The van der Waals surface area contributed by atoms with Gasteiger partial charge in [-0.2, -0.15) is 0 Å². The van der Waals surface area contributed by atoms with Crippen molar-refractivity contribution in [1.82, 2.24) is 5.32 Å². The molecule has 0 bridgehead atoms. The molecule has 0 unspecified atom stereocenters. The largest absolute Gasteiger partial charge is 0.334 e. The quantitative estimate of drug-likeness (QED) is 0.534. The van der Waals surface area contributed by atoms with Crippen molar-refractivity contribution in [1.29, 1.82) is 0 Å². The van der Waals surface area contributed by atoms with Crippen LogP contribution in [0.1, 0.15) is 5.56 Å². The summed E-state index contributed by atoms with van der Waals surface area (Å²) in [6, 6.07) is 13.7. The molecule has 0 radical (unpaired) electrons. The van der Waals surface area contributed by atoms with E-state index in [-0.39, 0.29) is 11.9 Å². The number of urea groups is 1. The SMILES string of the molecule is C=CCNC(=O)Nc1ccc(NC(=O)/C=C/c2cccc(Cl)c2)cc1. The minimum Gasteiger partial charge on any atom is -0.334 e. The lowest BCUT2D eigenvalue weighted by Gasteiger charge is -2.07.